The molecule has 22 heavy (non-hydrogen) atoms. The lowest BCUT2D eigenvalue weighted by Crippen LogP contribution is -2.62. The van der Waals surface area contributed by atoms with E-state index >= 15 is 0 Å². The van der Waals surface area contributed by atoms with Crippen LogP contribution in [0.3, 0.4) is 0 Å². The first kappa shape index (κ1) is 17.4. The summed E-state index contributed by atoms with van der Waals surface area (Å²) in [6.45, 7) is 1.45. The Kier molecular flexibility index (Phi) is 4.94. The van der Waals surface area contributed by atoms with Crippen LogP contribution in [0.25, 0.3) is 0 Å². The zero-order chi connectivity index (χ0) is 16.7. The van der Waals surface area contributed by atoms with Crippen LogP contribution < -0.4 is 0 Å². The molecule has 1 heterocycles. The highest BCUT2D eigenvalue weighted by molar-refractivity contribution is 6.36. The Hall–Kier alpha value is -0.980. The first-order chi connectivity index (χ1) is 10.1. The van der Waals surface area contributed by atoms with Crippen molar-refractivity contribution in [1.29, 1.82) is 0 Å². The molecule has 2 atom stereocenters. The van der Waals surface area contributed by atoms with Crippen molar-refractivity contribution in [3.05, 3.63) is 33.8 Å². The number of carbonyl (C=O) groups is 1. The molecule has 0 aliphatic carbocycles. The third kappa shape index (κ3) is 3.50. The number of hydrogen-bond acceptors (Lipinski definition) is 2. The summed E-state index contributed by atoms with van der Waals surface area (Å²) in [4.78, 5) is 14.9. The number of nitrogens with zero attached hydrogens (tertiary/aromatic N) is 2. The Bertz CT molecular complexity index is 580. The van der Waals surface area contributed by atoms with Crippen LogP contribution in [0.15, 0.2) is 18.2 Å². The highest BCUT2D eigenvalue weighted by Crippen LogP contribution is 2.30. The molecule has 0 spiro atoms. The fourth-order valence-corrected chi connectivity index (χ4v) is 2.99. The molecule has 122 valence electrons. The number of likely N-dealkylation sites (N-methyl/N-ethyl adjacent to an activating group) is 1. The SMILES string of the molecule is CC1CN(C(=O)c2ccc(Cl)cc2Cl)CC(C(F)(F)F)N1C. The highest BCUT2D eigenvalue weighted by Gasteiger charge is 2.48. The molecule has 2 rings (SSSR count). The Morgan fingerprint density at radius 3 is 2.45 bits per heavy atom. The summed E-state index contributed by atoms with van der Waals surface area (Å²) < 4.78 is 39.3. The van der Waals surface area contributed by atoms with E-state index in [-0.39, 0.29) is 17.1 Å². The van der Waals surface area contributed by atoms with Gasteiger partial charge in [0.25, 0.3) is 5.91 Å². The van der Waals surface area contributed by atoms with E-state index in [9.17, 15) is 18.0 Å². The standard InChI is InChI=1S/C14H15Cl2F3N2O/c1-8-6-21(7-12(20(8)2)14(17,18)19)13(22)10-4-3-9(15)5-11(10)16/h3-5,8,12H,6-7H2,1-2H3. The maximum atomic E-state index is 13.1. The van der Waals surface area contributed by atoms with Crippen LogP contribution in [0.1, 0.15) is 17.3 Å². The Balaban J connectivity index is 2.26. The average molecular weight is 355 g/mol. The summed E-state index contributed by atoms with van der Waals surface area (Å²) in [6.07, 6.45) is -4.40. The summed E-state index contributed by atoms with van der Waals surface area (Å²) >= 11 is 11.7. The van der Waals surface area contributed by atoms with Crippen LogP contribution in [-0.4, -0.2) is 54.1 Å². The van der Waals surface area contributed by atoms with Crippen molar-refractivity contribution in [2.45, 2.75) is 25.2 Å². The van der Waals surface area contributed by atoms with Gasteiger partial charge in [0.15, 0.2) is 0 Å². The molecule has 0 aromatic heterocycles. The minimum Gasteiger partial charge on any atom is -0.335 e. The summed E-state index contributed by atoms with van der Waals surface area (Å²) in [5.41, 5.74) is 0.156. The molecule has 0 saturated carbocycles. The molecule has 1 aliphatic rings. The number of halogens is 5. The van der Waals surface area contributed by atoms with E-state index in [1.54, 1.807) is 6.92 Å². The normalized spacial score (nSPS) is 23.7. The van der Waals surface area contributed by atoms with E-state index in [2.05, 4.69) is 0 Å². The maximum absolute atomic E-state index is 13.1. The molecule has 1 amide bonds. The molecule has 1 fully saturated rings. The molecule has 1 aliphatic heterocycles. The van der Waals surface area contributed by atoms with Crippen LogP contribution in [0.4, 0.5) is 13.2 Å². The summed E-state index contributed by atoms with van der Waals surface area (Å²) in [6, 6.07) is 2.22. The lowest BCUT2D eigenvalue weighted by Gasteiger charge is -2.44. The number of rotatable bonds is 1. The number of alkyl halides is 3. The van der Waals surface area contributed by atoms with Gasteiger partial charge in [0.05, 0.1) is 10.6 Å². The molecule has 0 radical (unpaired) electrons. The summed E-state index contributed by atoms with van der Waals surface area (Å²) in [7, 11) is 1.42. The maximum Gasteiger partial charge on any atom is 0.405 e. The van der Waals surface area contributed by atoms with Gasteiger partial charge in [0.1, 0.15) is 6.04 Å². The van der Waals surface area contributed by atoms with E-state index in [1.165, 1.54) is 35.0 Å². The Morgan fingerprint density at radius 1 is 1.27 bits per heavy atom. The fourth-order valence-electron chi connectivity index (χ4n) is 2.50. The van der Waals surface area contributed by atoms with Crippen LogP contribution >= 0.6 is 23.2 Å². The number of benzene rings is 1. The second-order valence-corrected chi connectivity index (χ2v) is 6.25. The van der Waals surface area contributed by atoms with Crippen molar-refractivity contribution >= 4 is 29.1 Å². The third-order valence-corrected chi connectivity index (χ3v) is 4.44. The lowest BCUT2D eigenvalue weighted by atomic mass is 10.1. The van der Waals surface area contributed by atoms with Crippen molar-refractivity contribution in [3.8, 4) is 0 Å². The average Bonchev–Trinajstić information content (AvgIpc) is 2.39. The van der Waals surface area contributed by atoms with Gasteiger partial charge in [-0.2, -0.15) is 13.2 Å². The van der Waals surface area contributed by atoms with Gasteiger partial charge in [0.2, 0.25) is 0 Å². The zero-order valence-corrected chi connectivity index (χ0v) is 13.5. The topological polar surface area (TPSA) is 23.6 Å². The highest BCUT2D eigenvalue weighted by atomic mass is 35.5. The monoisotopic (exact) mass is 354 g/mol. The predicted octanol–water partition coefficient (Wildman–Crippen LogP) is 3.70. The van der Waals surface area contributed by atoms with Gasteiger partial charge >= 0.3 is 6.18 Å². The number of piperazine rings is 1. The van der Waals surface area contributed by atoms with E-state index in [0.29, 0.717) is 5.02 Å². The first-order valence-electron chi connectivity index (χ1n) is 6.64. The number of carbonyl (C=O) groups excluding carboxylic acids is 1. The van der Waals surface area contributed by atoms with Crippen molar-refractivity contribution in [2.24, 2.45) is 0 Å². The second-order valence-electron chi connectivity index (χ2n) is 5.41. The molecule has 1 aromatic carbocycles. The van der Waals surface area contributed by atoms with Gasteiger partial charge in [-0.15, -0.1) is 0 Å². The predicted molar refractivity (Wildman–Crippen MR) is 79.4 cm³/mol. The van der Waals surface area contributed by atoms with Gasteiger partial charge in [-0.1, -0.05) is 23.2 Å². The fraction of sp³-hybridized carbons (Fsp3) is 0.500. The second kappa shape index (κ2) is 6.26. The van der Waals surface area contributed by atoms with Gasteiger partial charge in [-0.05, 0) is 32.2 Å². The molecule has 2 unspecified atom stereocenters. The third-order valence-electron chi connectivity index (χ3n) is 3.89. The number of hydrogen-bond donors (Lipinski definition) is 0. The molecular weight excluding hydrogens is 340 g/mol. The largest absolute Gasteiger partial charge is 0.405 e. The lowest BCUT2D eigenvalue weighted by molar-refractivity contribution is -0.197. The van der Waals surface area contributed by atoms with Gasteiger partial charge in [-0.25, -0.2) is 0 Å². The van der Waals surface area contributed by atoms with Crippen molar-refractivity contribution < 1.29 is 18.0 Å². The molecule has 0 bridgehead atoms. The van der Waals surface area contributed by atoms with Crippen LogP contribution in [0.2, 0.25) is 10.0 Å². The number of amides is 1. The Labute approximate surface area is 136 Å². The molecular formula is C14H15Cl2F3N2O. The first-order valence-corrected chi connectivity index (χ1v) is 7.40. The summed E-state index contributed by atoms with van der Waals surface area (Å²) in [5.74, 6) is -0.518. The summed E-state index contributed by atoms with van der Waals surface area (Å²) in [5, 5.41) is 0.495. The molecule has 3 nitrogen and oxygen atoms in total. The van der Waals surface area contributed by atoms with Crippen LogP contribution in [-0.2, 0) is 0 Å². The van der Waals surface area contributed by atoms with E-state index in [0.717, 1.165) is 0 Å². The zero-order valence-electron chi connectivity index (χ0n) is 12.0. The van der Waals surface area contributed by atoms with Crippen molar-refractivity contribution in [3.63, 3.8) is 0 Å². The molecule has 1 aromatic rings. The van der Waals surface area contributed by atoms with Crippen LogP contribution in [0, 0.1) is 0 Å². The quantitative estimate of drug-likeness (QED) is 0.767. The minimum atomic E-state index is -4.40. The van der Waals surface area contributed by atoms with Gasteiger partial charge < -0.3 is 4.90 Å². The van der Waals surface area contributed by atoms with E-state index in [4.69, 9.17) is 23.2 Å². The molecule has 1 saturated heterocycles. The van der Waals surface area contributed by atoms with Gasteiger partial charge in [-0.3, -0.25) is 9.69 Å². The van der Waals surface area contributed by atoms with E-state index in [1.807, 2.05) is 0 Å². The van der Waals surface area contributed by atoms with E-state index < -0.39 is 30.7 Å². The Morgan fingerprint density at radius 2 is 1.91 bits per heavy atom. The van der Waals surface area contributed by atoms with Crippen LogP contribution in [0.5, 0.6) is 0 Å². The van der Waals surface area contributed by atoms with Gasteiger partial charge in [0, 0.05) is 24.2 Å². The smallest absolute Gasteiger partial charge is 0.335 e. The molecule has 0 N–H and O–H groups in total. The van der Waals surface area contributed by atoms with Crippen molar-refractivity contribution in [1.82, 2.24) is 9.80 Å². The molecule has 8 heteroatoms. The van der Waals surface area contributed by atoms with Crippen molar-refractivity contribution in [2.75, 3.05) is 20.1 Å². The minimum absolute atomic E-state index is 0.132.